The van der Waals surface area contributed by atoms with E-state index >= 15 is 0 Å². The summed E-state index contributed by atoms with van der Waals surface area (Å²) >= 11 is 0. The molecule has 2 rings (SSSR count). The Balaban J connectivity index is 1.96. The van der Waals surface area contributed by atoms with E-state index in [0.29, 0.717) is 6.04 Å². The molecule has 0 bridgehead atoms. The summed E-state index contributed by atoms with van der Waals surface area (Å²) in [6, 6.07) is 0.545. The first-order chi connectivity index (χ1) is 5.36. The Labute approximate surface area is 69.4 Å². The van der Waals surface area contributed by atoms with Crippen molar-refractivity contribution in [3.63, 3.8) is 0 Å². The van der Waals surface area contributed by atoms with Crippen LogP contribution in [0.1, 0.15) is 44.9 Å². The summed E-state index contributed by atoms with van der Waals surface area (Å²) in [4.78, 5) is 0. The van der Waals surface area contributed by atoms with Crippen molar-refractivity contribution in [1.29, 1.82) is 0 Å². The molecule has 2 aliphatic carbocycles. The minimum absolute atomic E-state index is 0.545. The average Bonchev–Trinajstić information content (AvgIpc) is 2.17. The lowest BCUT2D eigenvalue weighted by Crippen LogP contribution is -2.15. The lowest BCUT2D eigenvalue weighted by atomic mass is 9.92. The molecule has 0 spiro atoms. The van der Waals surface area contributed by atoms with Gasteiger partial charge < -0.3 is 5.73 Å². The van der Waals surface area contributed by atoms with Gasteiger partial charge in [-0.25, -0.2) is 0 Å². The highest BCUT2D eigenvalue weighted by Gasteiger charge is 2.32. The van der Waals surface area contributed by atoms with Crippen LogP contribution < -0.4 is 5.73 Å². The molecule has 11 heavy (non-hydrogen) atoms. The molecule has 1 nitrogen and oxygen atoms in total. The maximum absolute atomic E-state index is 5.95. The molecule has 0 heterocycles. The van der Waals surface area contributed by atoms with Gasteiger partial charge in [0.15, 0.2) is 0 Å². The smallest absolute Gasteiger partial charge is 0.00443 e. The largest absolute Gasteiger partial charge is 0.328 e. The van der Waals surface area contributed by atoms with Crippen molar-refractivity contribution < 1.29 is 0 Å². The monoisotopic (exact) mass is 153 g/mol. The first kappa shape index (κ1) is 7.60. The molecular weight excluding hydrogens is 134 g/mol. The van der Waals surface area contributed by atoms with Crippen LogP contribution in [-0.2, 0) is 0 Å². The van der Waals surface area contributed by atoms with E-state index in [1.165, 1.54) is 44.9 Å². The summed E-state index contributed by atoms with van der Waals surface area (Å²) in [6.07, 6.45) is 10.00. The van der Waals surface area contributed by atoms with E-state index in [1.54, 1.807) is 0 Å². The molecule has 2 saturated carbocycles. The van der Waals surface area contributed by atoms with Gasteiger partial charge >= 0.3 is 0 Å². The van der Waals surface area contributed by atoms with E-state index in [2.05, 4.69) is 0 Å². The van der Waals surface area contributed by atoms with E-state index < -0.39 is 0 Å². The molecule has 0 aromatic carbocycles. The maximum Gasteiger partial charge on any atom is 0.00443 e. The third-order valence-electron chi connectivity index (χ3n) is 3.53. The Kier molecular flexibility index (Phi) is 2.17. The van der Waals surface area contributed by atoms with Crippen molar-refractivity contribution in [2.45, 2.75) is 51.0 Å². The number of hydrogen-bond acceptors (Lipinski definition) is 1. The number of hydrogen-bond donors (Lipinski definition) is 1. The molecule has 2 aliphatic rings. The fourth-order valence-corrected chi connectivity index (χ4v) is 2.96. The van der Waals surface area contributed by atoms with Crippen LogP contribution in [0.5, 0.6) is 0 Å². The van der Waals surface area contributed by atoms with Crippen LogP contribution in [0.15, 0.2) is 0 Å². The lowest BCUT2D eigenvalue weighted by Gasteiger charge is -2.13. The first-order valence-corrected chi connectivity index (χ1v) is 5.12. The number of rotatable bonds is 0. The maximum atomic E-state index is 5.95. The molecule has 64 valence electrons. The van der Waals surface area contributed by atoms with Gasteiger partial charge in [0.2, 0.25) is 0 Å². The van der Waals surface area contributed by atoms with E-state index in [-0.39, 0.29) is 0 Å². The molecule has 0 aromatic heterocycles. The Bertz CT molecular complexity index is 119. The van der Waals surface area contributed by atoms with Crippen LogP contribution in [0.25, 0.3) is 0 Å². The van der Waals surface area contributed by atoms with Crippen molar-refractivity contribution in [2.24, 2.45) is 17.6 Å². The van der Waals surface area contributed by atoms with Crippen molar-refractivity contribution >= 4 is 0 Å². The van der Waals surface area contributed by atoms with Gasteiger partial charge in [-0.05, 0) is 24.7 Å². The molecule has 0 amide bonds. The third-order valence-corrected chi connectivity index (χ3v) is 3.53. The second kappa shape index (κ2) is 3.14. The summed E-state index contributed by atoms with van der Waals surface area (Å²) in [6.45, 7) is 0. The molecule has 0 saturated heterocycles. The zero-order valence-electron chi connectivity index (χ0n) is 7.26. The highest BCUT2D eigenvalue weighted by molar-refractivity contribution is 4.86. The average molecular weight is 153 g/mol. The predicted octanol–water partition coefficient (Wildman–Crippen LogP) is 2.30. The minimum Gasteiger partial charge on any atom is -0.328 e. The predicted molar refractivity (Wildman–Crippen MR) is 47.3 cm³/mol. The standard InChI is InChI=1S/C10H19N/c11-10-6-8-4-2-1-3-5-9(8)7-10/h8-10H,1-7,11H2. The summed E-state index contributed by atoms with van der Waals surface area (Å²) in [5, 5.41) is 0. The van der Waals surface area contributed by atoms with Crippen molar-refractivity contribution in [3.8, 4) is 0 Å². The molecule has 1 heteroatoms. The van der Waals surface area contributed by atoms with Crippen LogP contribution in [0.3, 0.4) is 0 Å². The van der Waals surface area contributed by atoms with E-state index in [9.17, 15) is 0 Å². The fraction of sp³-hybridized carbons (Fsp3) is 1.00. The number of nitrogens with two attached hydrogens (primary N) is 1. The molecule has 2 N–H and O–H groups in total. The highest BCUT2D eigenvalue weighted by Crippen LogP contribution is 2.40. The van der Waals surface area contributed by atoms with Gasteiger partial charge in [-0.1, -0.05) is 32.1 Å². The van der Waals surface area contributed by atoms with Gasteiger partial charge in [0.05, 0.1) is 0 Å². The highest BCUT2D eigenvalue weighted by atomic mass is 14.7. The number of fused-ring (bicyclic) bond motifs is 1. The molecule has 2 atom stereocenters. The van der Waals surface area contributed by atoms with Gasteiger partial charge in [0, 0.05) is 6.04 Å². The first-order valence-electron chi connectivity index (χ1n) is 5.12. The van der Waals surface area contributed by atoms with E-state index in [4.69, 9.17) is 5.73 Å². The second-order valence-corrected chi connectivity index (χ2v) is 4.39. The summed E-state index contributed by atoms with van der Waals surface area (Å²) in [5.74, 6) is 2.01. The Hall–Kier alpha value is -0.0400. The van der Waals surface area contributed by atoms with Crippen molar-refractivity contribution in [2.75, 3.05) is 0 Å². The SMILES string of the molecule is NC1CC2CCCCCC2C1. The third kappa shape index (κ3) is 1.58. The van der Waals surface area contributed by atoms with E-state index in [0.717, 1.165) is 11.8 Å². The van der Waals surface area contributed by atoms with Crippen molar-refractivity contribution in [1.82, 2.24) is 0 Å². The topological polar surface area (TPSA) is 26.0 Å². The van der Waals surface area contributed by atoms with Gasteiger partial charge in [-0.3, -0.25) is 0 Å². The molecule has 2 fully saturated rings. The Morgan fingerprint density at radius 1 is 0.818 bits per heavy atom. The van der Waals surface area contributed by atoms with E-state index in [1.807, 2.05) is 0 Å². The second-order valence-electron chi connectivity index (χ2n) is 4.39. The zero-order chi connectivity index (χ0) is 7.68. The summed E-state index contributed by atoms with van der Waals surface area (Å²) in [7, 11) is 0. The quantitative estimate of drug-likeness (QED) is 0.568. The fourth-order valence-electron chi connectivity index (χ4n) is 2.96. The summed E-state index contributed by atoms with van der Waals surface area (Å²) in [5.41, 5.74) is 5.95. The van der Waals surface area contributed by atoms with Crippen molar-refractivity contribution in [3.05, 3.63) is 0 Å². The molecule has 0 aromatic rings. The van der Waals surface area contributed by atoms with Crippen LogP contribution >= 0.6 is 0 Å². The van der Waals surface area contributed by atoms with Gasteiger partial charge in [0.1, 0.15) is 0 Å². The van der Waals surface area contributed by atoms with Crippen LogP contribution in [0.4, 0.5) is 0 Å². The summed E-state index contributed by atoms with van der Waals surface area (Å²) < 4.78 is 0. The lowest BCUT2D eigenvalue weighted by molar-refractivity contribution is 0.367. The van der Waals surface area contributed by atoms with Gasteiger partial charge in [-0.2, -0.15) is 0 Å². The zero-order valence-corrected chi connectivity index (χ0v) is 7.26. The minimum atomic E-state index is 0.545. The normalized spacial score (nSPS) is 45.0. The van der Waals surface area contributed by atoms with Gasteiger partial charge in [-0.15, -0.1) is 0 Å². The van der Waals surface area contributed by atoms with Gasteiger partial charge in [0.25, 0.3) is 0 Å². The molecule has 2 unspecified atom stereocenters. The van der Waals surface area contributed by atoms with Crippen LogP contribution in [0.2, 0.25) is 0 Å². The van der Waals surface area contributed by atoms with Crippen LogP contribution in [0, 0.1) is 11.8 Å². The molecular formula is C10H19N. The Morgan fingerprint density at radius 2 is 1.36 bits per heavy atom. The Morgan fingerprint density at radius 3 is 1.91 bits per heavy atom. The molecule has 0 radical (unpaired) electrons. The van der Waals surface area contributed by atoms with Crippen LogP contribution in [-0.4, -0.2) is 6.04 Å². The molecule has 0 aliphatic heterocycles.